The Labute approximate surface area is 217 Å². The van der Waals surface area contributed by atoms with Gasteiger partial charge >= 0.3 is 0 Å². The Morgan fingerprint density at radius 3 is 2.36 bits per heavy atom. The van der Waals surface area contributed by atoms with Gasteiger partial charge in [0.05, 0.1) is 17.0 Å². The first-order valence-electron chi connectivity index (χ1n) is 11.8. The quantitative estimate of drug-likeness (QED) is 0.367. The lowest BCUT2D eigenvalue weighted by molar-refractivity contribution is -0.119. The Balaban J connectivity index is 1.76. The van der Waals surface area contributed by atoms with Crippen molar-refractivity contribution in [3.63, 3.8) is 0 Å². The summed E-state index contributed by atoms with van der Waals surface area (Å²) in [4.78, 5) is 23.5. The molecule has 1 aromatic heterocycles. The van der Waals surface area contributed by atoms with Crippen molar-refractivity contribution in [2.24, 2.45) is 11.7 Å². The predicted octanol–water partition coefficient (Wildman–Crippen LogP) is 3.35. The number of likely N-dealkylation sites (N-methyl/N-ethyl adjacent to an activating group) is 2. The molecule has 0 saturated carbocycles. The van der Waals surface area contributed by atoms with E-state index in [0.717, 1.165) is 10.9 Å². The van der Waals surface area contributed by atoms with E-state index in [1.165, 1.54) is 16.4 Å². The second-order valence-corrected chi connectivity index (χ2v) is 11.3. The summed E-state index contributed by atoms with van der Waals surface area (Å²) in [5.74, 6) is 0.620. The van der Waals surface area contributed by atoms with Gasteiger partial charge in [0, 0.05) is 30.0 Å². The molecule has 11 heteroatoms. The number of primary amides is 1. The first kappa shape index (κ1) is 27.8. The van der Waals surface area contributed by atoms with Gasteiger partial charge in [-0.15, -0.1) is 0 Å². The van der Waals surface area contributed by atoms with Crippen LogP contribution in [-0.4, -0.2) is 66.2 Å². The maximum Gasteiger partial charge on any atom is 0.243 e. The van der Waals surface area contributed by atoms with Crippen LogP contribution in [0.15, 0.2) is 53.4 Å². The second kappa shape index (κ2) is 12.0. The van der Waals surface area contributed by atoms with Gasteiger partial charge in [-0.1, -0.05) is 44.5 Å². The number of nitrogens with zero attached hydrogens (tertiary/aromatic N) is 4. The summed E-state index contributed by atoms with van der Waals surface area (Å²) in [5.41, 5.74) is 6.34. The number of para-hydroxylation sites is 1. The fourth-order valence-electron chi connectivity index (χ4n) is 3.83. The van der Waals surface area contributed by atoms with E-state index in [2.05, 4.69) is 15.3 Å². The smallest absolute Gasteiger partial charge is 0.243 e. The number of aromatic nitrogens is 2. The average molecular weight is 533 g/mol. The molecule has 1 amide bonds. The highest BCUT2D eigenvalue weighted by atomic mass is 35.5. The number of carbonyl (C=O) groups is 1. The lowest BCUT2D eigenvalue weighted by Crippen LogP contribution is -2.40. The Morgan fingerprint density at radius 1 is 1.08 bits per heavy atom. The Kier molecular flexibility index (Phi) is 9.24. The molecular weight excluding hydrogens is 500 g/mol. The second-order valence-electron chi connectivity index (χ2n) is 8.96. The van der Waals surface area contributed by atoms with Gasteiger partial charge in [-0.2, -0.15) is 4.31 Å². The number of nitrogens with two attached hydrogens (primary N) is 1. The largest absolute Gasteiger partial charge is 0.368 e. The van der Waals surface area contributed by atoms with Crippen LogP contribution in [0.3, 0.4) is 0 Å². The topological polar surface area (TPSA) is 122 Å². The van der Waals surface area contributed by atoms with Crippen LogP contribution < -0.4 is 11.1 Å². The van der Waals surface area contributed by atoms with Crippen molar-refractivity contribution in [3.8, 4) is 0 Å². The fourth-order valence-corrected chi connectivity index (χ4v) is 5.39. The number of hydrogen-bond donors (Lipinski definition) is 2. The van der Waals surface area contributed by atoms with Gasteiger partial charge in [0.15, 0.2) is 0 Å². The number of hydrogen-bond acceptors (Lipinski definition) is 7. The summed E-state index contributed by atoms with van der Waals surface area (Å²) in [6, 6.07) is 13.1. The number of anilines is 1. The average Bonchev–Trinajstić information content (AvgIpc) is 2.82. The van der Waals surface area contributed by atoms with Crippen molar-refractivity contribution in [3.05, 3.63) is 59.4 Å². The first-order valence-corrected chi connectivity index (χ1v) is 13.6. The van der Waals surface area contributed by atoms with Gasteiger partial charge < -0.3 is 11.1 Å². The molecule has 2 aromatic carbocycles. The van der Waals surface area contributed by atoms with Gasteiger partial charge in [0.1, 0.15) is 17.7 Å². The lowest BCUT2D eigenvalue weighted by Gasteiger charge is -2.24. The molecule has 1 atom stereocenters. The van der Waals surface area contributed by atoms with Crippen molar-refractivity contribution in [1.29, 1.82) is 0 Å². The van der Waals surface area contributed by atoms with Gasteiger partial charge in [-0.05, 0) is 49.4 Å². The number of rotatable bonds is 12. The number of benzene rings is 2. The lowest BCUT2D eigenvalue weighted by atomic mass is 10.0. The van der Waals surface area contributed by atoms with Crippen molar-refractivity contribution in [1.82, 2.24) is 19.2 Å². The summed E-state index contributed by atoms with van der Waals surface area (Å²) < 4.78 is 27.5. The summed E-state index contributed by atoms with van der Waals surface area (Å²) in [5, 5.41) is 4.47. The number of nitrogens with one attached hydrogen (secondary N) is 1. The van der Waals surface area contributed by atoms with Crippen LogP contribution in [0, 0.1) is 5.92 Å². The maximum absolute atomic E-state index is 13.0. The molecule has 194 valence electrons. The molecule has 0 bridgehead atoms. The van der Waals surface area contributed by atoms with E-state index in [9.17, 15) is 13.2 Å². The van der Waals surface area contributed by atoms with E-state index >= 15 is 0 Å². The van der Waals surface area contributed by atoms with Gasteiger partial charge in [0.2, 0.25) is 15.9 Å². The summed E-state index contributed by atoms with van der Waals surface area (Å²) in [6.45, 7) is 7.13. The number of fused-ring (bicyclic) bond motifs is 1. The van der Waals surface area contributed by atoms with E-state index in [-0.39, 0.29) is 10.8 Å². The molecule has 3 aromatic rings. The van der Waals surface area contributed by atoms with E-state index in [1.54, 1.807) is 12.1 Å². The molecule has 3 N–H and O–H groups in total. The van der Waals surface area contributed by atoms with E-state index in [0.29, 0.717) is 42.8 Å². The van der Waals surface area contributed by atoms with Crippen LogP contribution in [0.1, 0.15) is 26.6 Å². The highest BCUT2D eigenvalue weighted by Gasteiger charge is 2.24. The van der Waals surface area contributed by atoms with Crippen molar-refractivity contribution < 1.29 is 13.2 Å². The zero-order valence-electron chi connectivity index (χ0n) is 21.0. The minimum atomic E-state index is -3.64. The molecule has 0 aliphatic carbocycles. The van der Waals surface area contributed by atoms with Crippen LogP contribution in [0.25, 0.3) is 10.9 Å². The molecule has 0 aliphatic heterocycles. The van der Waals surface area contributed by atoms with Crippen molar-refractivity contribution in [2.45, 2.75) is 38.3 Å². The highest BCUT2D eigenvalue weighted by Crippen LogP contribution is 2.23. The molecule has 0 fully saturated rings. The summed E-state index contributed by atoms with van der Waals surface area (Å²) in [6.07, 6.45) is 0. The number of sulfonamides is 1. The molecule has 0 unspecified atom stereocenters. The van der Waals surface area contributed by atoms with Gasteiger partial charge in [-0.3, -0.25) is 9.69 Å². The molecule has 0 radical (unpaired) electrons. The molecule has 9 nitrogen and oxygen atoms in total. The third-order valence-electron chi connectivity index (χ3n) is 5.86. The van der Waals surface area contributed by atoms with Crippen LogP contribution in [0.4, 0.5) is 5.82 Å². The summed E-state index contributed by atoms with van der Waals surface area (Å²) >= 11 is 5.91. The van der Waals surface area contributed by atoms with Gasteiger partial charge in [0.25, 0.3) is 0 Å². The van der Waals surface area contributed by atoms with Crippen LogP contribution in [0.2, 0.25) is 5.02 Å². The minimum absolute atomic E-state index is 0.0232. The molecular formula is C25H33ClN6O3S. The molecule has 0 aliphatic rings. The first-order chi connectivity index (χ1) is 17.0. The van der Waals surface area contributed by atoms with E-state index in [1.807, 2.05) is 57.0 Å². The van der Waals surface area contributed by atoms with E-state index in [4.69, 9.17) is 17.3 Å². The summed E-state index contributed by atoms with van der Waals surface area (Å²) in [7, 11) is -1.76. The van der Waals surface area contributed by atoms with Crippen LogP contribution in [0.5, 0.6) is 0 Å². The maximum atomic E-state index is 13.0. The third-order valence-corrected chi connectivity index (χ3v) is 8.10. The zero-order chi connectivity index (χ0) is 26.5. The SMILES string of the molecule is CCN(CCN(C)Cc1nc(N[C@H](C(N)=O)C(C)C)c2ccccc2n1)S(=O)(=O)c1ccc(Cl)cc1. The van der Waals surface area contributed by atoms with Crippen LogP contribution >= 0.6 is 11.6 Å². The molecule has 0 spiro atoms. The molecule has 0 saturated heterocycles. The number of carbonyl (C=O) groups excluding carboxylic acids is 1. The highest BCUT2D eigenvalue weighted by molar-refractivity contribution is 7.89. The standard InChI is InChI=1S/C25H33ClN6O3S/c1-5-32(36(34,35)19-12-10-18(26)11-13-19)15-14-31(4)16-22-28-21-9-7-6-8-20(21)25(29-22)30-23(17(2)3)24(27)33/h6-13,17,23H,5,14-16H2,1-4H3,(H2,27,33)(H,28,29,30)/t23-/m0/s1. The zero-order valence-corrected chi connectivity index (χ0v) is 22.6. The third kappa shape index (κ3) is 6.70. The van der Waals surface area contributed by atoms with Gasteiger partial charge in [-0.25, -0.2) is 18.4 Å². The Hall–Kier alpha value is -2.79. The molecule has 36 heavy (non-hydrogen) atoms. The van der Waals surface area contributed by atoms with Crippen molar-refractivity contribution >= 4 is 44.3 Å². The minimum Gasteiger partial charge on any atom is -0.368 e. The van der Waals surface area contributed by atoms with Crippen LogP contribution in [-0.2, 0) is 21.4 Å². The van der Waals surface area contributed by atoms with Crippen molar-refractivity contribution in [2.75, 3.05) is 32.0 Å². The Morgan fingerprint density at radius 2 is 1.75 bits per heavy atom. The number of halogens is 1. The normalized spacial score (nSPS) is 13.0. The molecule has 3 rings (SSSR count). The fraction of sp³-hybridized carbons (Fsp3) is 0.400. The number of amides is 1. The van der Waals surface area contributed by atoms with E-state index < -0.39 is 22.0 Å². The monoisotopic (exact) mass is 532 g/mol. The Bertz CT molecular complexity index is 1300. The predicted molar refractivity (Wildman–Crippen MR) is 143 cm³/mol. The molecule has 1 heterocycles.